The molecule has 0 saturated carbocycles. The number of urea groups is 1. The highest BCUT2D eigenvalue weighted by atomic mass is 79.9. The van der Waals surface area contributed by atoms with E-state index in [0.29, 0.717) is 11.3 Å². The number of nitrogens with one attached hydrogen (secondary N) is 2. The van der Waals surface area contributed by atoms with Crippen LogP contribution >= 0.6 is 15.9 Å². The Labute approximate surface area is 149 Å². The first kappa shape index (κ1) is 18.0. The summed E-state index contributed by atoms with van der Waals surface area (Å²) >= 11 is 3.43. The largest absolute Gasteiger partial charge is 0.507 e. The molecule has 2 aromatic carbocycles. The van der Waals surface area contributed by atoms with Crippen LogP contribution in [0.5, 0.6) is 5.75 Å². The van der Waals surface area contributed by atoms with E-state index in [1.807, 2.05) is 45.0 Å². The lowest BCUT2D eigenvalue weighted by atomic mass is 9.85. The van der Waals surface area contributed by atoms with E-state index in [9.17, 15) is 9.90 Å². The number of nitrogens with zero attached hydrogens (tertiary/aromatic N) is 1. The topological polar surface area (TPSA) is 73.7 Å². The molecule has 0 aliphatic heterocycles. The van der Waals surface area contributed by atoms with Crippen LogP contribution in [0.25, 0.3) is 0 Å². The van der Waals surface area contributed by atoms with Gasteiger partial charge >= 0.3 is 6.03 Å². The number of hydrogen-bond acceptors (Lipinski definition) is 3. The van der Waals surface area contributed by atoms with E-state index in [-0.39, 0.29) is 11.2 Å². The van der Waals surface area contributed by atoms with Crippen molar-refractivity contribution < 1.29 is 9.90 Å². The number of benzene rings is 2. The molecule has 2 aromatic rings. The van der Waals surface area contributed by atoms with E-state index in [0.717, 1.165) is 10.0 Å². The monoisotopic (exact) mass is 389 g/mol. The number of phenolic OH excluding ortho intramolecular Hbond substituents is 1. The summed E-state index contributed by atoms with van der Waals surface area (Å²) in [4.78, 5) is 11.8. The van der Waals surface area contributed by atoms with E-state index in [1.165, 1.54) is 6.21 Å². The molecule has 0 aliphatic carbocycles. The SMILES string of the molecule is CC(C)(C)c1cc(Br)cc(/C=N/NC(=O)Nc2ccccc2)c1O. The molecule has 0 unspecified atom stereocenters. The maximum absolute atomic E-state index is 11.8. The van der Waals surface area contributed by atoms with Crippen LogP contribution in [0.15, 0.2) is 52.0 Å². The van der Waals surface area contributed by atoms with Crippen LogP contribution in [0.2, 0.25) is 0 Å². The zero-order valence-corrected chi connectivity index (χ0v) is 15.4. The number of carbonyl (C=O) groups is 1. The Morgan fingerprint density at radius 3 is 2.50 bits per heavy atom. The van der Waals surface area contributed by atoms with E-state index >= 15 is 0 Å². The zero-order valence-electron chi connectivity index (χ0n) is 13.8. The van der Waals surface area contributed by atoms with Crippen molar-refractivity contribution >= 4 is 33.9 Å². The zero-order chi connectivity index (χ0) is 17.7. The van der Waals surface area contributed by atoms with Gasteiger partial charge in [-0.3, -0.25) is 0 Å². The predicted octanol–water partition coefficient (Wildman–Crippen LogP) is 4.61. The van der Waals surface area contributed by atoms with Crippen LogP contribution in [0.1, 0.15) is 31.9 Å². The number of anilines is 1. The molecule has 6 heteroatoms. The Bertz CT molecular complexity index is 753. The average Bonchev–Trinajstić information content (AvgIpc) is 2.50. The van der Waals surface area contributed by atoms with Crippen molar-refractivity contribution in [2.75, 3.05) is 5.32 Å². The molecule has 0 aliphatic rings. The van der Waals surface area contributed by atoms with Gasteiger partial charge in [-0.2, -0.15) is 5.10 Å². The van der Waals surface area contributed by atoms with E-state index in [1.54, 1.807) is 18.2 Å². The fourth-order valence-electron chi connectivity index (χ4n) is 2.13. The number of hydrazone groups is 1. The molecule has 0 aromatic heterocycles. The van der Waals surface area contributed by atoms with Crippen molar-refractivity contribution in [1.82, 2.24) is 5.43 Å². The summed E-state index contributed by atoms with van der Waals surface area (Å²) in [6, 6.07) is 12.2. The molecule has 24 heavy (non-hydrogen) atoms. The smallest absolute Gasteiger partial charge is 0.339 e. The Morgan fingerprint density at radius 2 is 1.88 bits per heavy atom. The molecule has 126 valence electrons. The van der Waals surface area contributed by atoms with Crippen molar-refractivity contribution in [3.8, 4) is 5.75 Å². The molecule has 2 rings (SSSR count). The standard InChI is InChI=1S/C18H20BrN3O2/c1-18(2,3)15-10-13(19)9-12(16(15)23)11-20-22-17(24)21-14-7-5-4-6-8-14/h4-11,23H,1-3H3,(H2,21,22,24)/b20-11+. The number of amides is 2. The number of phenols is 1. The van der Waals surface area contributed by atoms with Gasteiger partial charge in [0.15, 0.2) is 0 Å². The van der Waals surface area contributed by atoms with Crippen molar-refractivity contribution in [3.05, 3.63) is 58.1 Å². The van der Waals surface area contributed by atoms with Crippen LogP contribution < -0.4 is 10.7 Å². The molecule has 0 spiro atoms. The van der Waals surface area contributed by atoms with Gasteiger partial charge < -0.3 is 10.4 Å². The molecule has 0 atom stereocenters. The lowest BCUT2D eigenvalue weighted by Crippen LogP contribution is -2.24. The van der Waals surface area contributed by atoms with Crippen molar-refractivity contribution in [3.63, 3.8) is 0 Å². The molecule has 5 nitrogen and oxygen atoms in total. The number of carbonyl (C=O) groups excluding carboxylic acids is 1. The van der Waals surface area contributed by atoms with Crippen LogP contribution in [-0.2, 0) is 5.41 Å². The highest BCUT2D eigenvalue weighted by Crippen LogP contribution is 2.35. The second-order valence-corrected chi connectivity index (χ2v) is 7.25. The van der Waals surface area contributed by atoms with E-state index < -0.39 is 6.03 Å². The van der Waals surface area contributed by atoms with Gasteiger partial charge in [0, 0.05) is 21.3 Å². The summed E-state index contributed by atoms with van der Waals surface area (Å²) in [5.41, 5.74) is 4.16. The first-order chi connectivity index (χ1) is 11.3. The van der Waals surface area contributed by atoms with Gasteiger partial charge in [-0.25, -0.2) is 10.2 Å². The number of hydrogen-bond donors (Lipinski definition) is 3. The molecule has 0 fully saturated rings. The summed E-state index contributed by atoms with van der Waals surface area (Å²) in [7, 11) is 0. The molecular weight excluding hydrogens is 370 g/mol. The number of halogens is 1. The lowest BCUT2D eigenvalue weighted by molar-refractivity contribution is 0.252. The van der Waals surface area contributed by atoms with Crippen LogP contribution in [0, 0.1) is 0 Å². The summed E-state index contributed by atoms with van der Waals surface area (Å²) in [5.74, 6) is 0.153. The molecule has 2 amide bonds. The second-order valence-electron chi connectivity index (χ2n) is 6.33. The Hall–Kier alpha value is -2.34. The minimum atomic E-state index is -0.456. The highest BCUT2D eigenvalue weighted by molar-refractivity contribution is 9.10. The first-order valence-corrected chi connectivity index (χ1v) is 8.25. The highest BCUT2D eigenvalue weighted by Gasteiger charge is 2.20. The third-order valence-corrected chi connectivity index (χ3v) is 3.77. The fraction of sp³-hybridized carbons (Fsp3) is 0.222. The van der Waals surface area contributed by atoms with Gasteiger partial charge in [0.05, 0.1) is 6.21 Å². The van der Waals surface area contributed by atoms with Crippen LogP contribution in [0.3, 0.4) is 0 Å². The summed E-state index contributed by atoms with van der Waals surface area (Å²) in [6.07, 6.45) is 1.42. The summed E-state index contributed by atoms with van der Waals surface area (Å²) in [6.45, 7) is 6.04. The van der Waals surface area contributed by atoms with Crippen LogP contribution in [-0.4, -0.2) is 17.4 Å². The minimum absolute atomic E-state index is 0.153. The molecular formula is C18H20BrN3O2. The minimum Gasteiger partial charge on any atom is -0.507 e. The Kier molecular flexibility index (Phi) is 5.62. The lowest BCUT2D eigenvalue weighted by Gasteiger charge is -2.21. The van der Waals surface area contributed by atoms with Gasteiger partial charge in [0.2, 0.25) is 0 Å². The maximum atomic E-state index is 11.8. The summed E-state index contributed by atoms with van der Waals surface area (Å²) < 4.78 is 0.834. The maximum Gasteiger partial charge on any atom is 0.339 e. The average molecular weight is 390 g/mol. The van der Waals surface area contributed by atoms with Gasteiger partial charge in [-0.05, 0) is 29.7 Å². The van der Waals surface area contributed by atoms with Crippen molar-refractivity contribution in [2.45, 2.75) is 26.2 Å². The molecule has 0 saturated heterocycles. The van der Waals surface area contributed by atoms with Gasteiger partial charge in [0.25, 0.3) is 0 Å². The molecule has 0 bridgehead atoms. The molecule has 0 heterocycles. The van der Waals surface area contributed by atoms with Crippen LogP contribution in [0.4, 0.5) is 10.5 Å². The fourth-order valence-corrected chi connectivity index (χ4v) is 2.61. The van der Waals surface area contributed by atoms with Gasteiger partial charge in [-0.1, -0.05) is 54.9 Å². The summed E-state index contributed by atoms with van der Waals surface area (Å²) in [5, 5.41) is 17.0. The second kappa shape index (κ2) is 7.49. The van der Waals surface area contributed by atoms with E-state index in [4.69, 9.17) is 0 Å². The quantitative estimate of drug-likeness (QED) is 0.529. The van der Waals surface area contributed by atoms with Crippen molar-refractivity contribution in [2.24, 2.45) is 5.10 Å². The normalized spacial score (nSPS) is 11.5. The predicted molar refractivity (Wildman–Crippen MR) is 101 cm³/mol. The number of para-hydroxylation sites is 1. The number of rotatable bonds is 3. The third-order valence-electron chi connectivity index (χ3n) is 3.31. The number of aromatic hydroxyl groups is 1. The molecule has 3 N–H and O–H groups in total. The van der Waals surface area contributed by atoms with Gasteiger partial charge in [-0.15, -0.1) is 0 Å². The Morgan fingerprint density at radius 1 is 1.21 bits per heavy atom. The van der Waals surface area contributed by atoms with E-state index in [2.05, 4.69) is 31.8 Å². The van der Waals surface area contributed by atoms with Crippen molar-refractivity contribution in [1.29, 1.82) is 0 Å². The van der Waals surface area contributed by atoms with Gasteiger partial charge in [0.1, 0.15) is 5.75 Å². The molecule has 0 radical (unpaired) electrons. The Balaban J connectivity index is 2.09. The first-order valence-electron chi connectivity index (χ1n) is 7.45. The third kappa shape index (κ3) is 4.83.